The van der Waals surface area contributed by atoms with Gasteiger partial charge in [-0.05, 0) is 30.2 Å². The maximum Gasteiger partial charge on any atom is 0.138 e. The zero-order chi connectivity index (χ0) is 10.5. The van der Waals surface area contributed by atoms with Gasteiger partial charge in [-0.1, -0.05) is 6.07 Å². The highest BCUT2D eigenvalue weighted by Gasteiger charge is 2.17. The molecule has 0 amide bonds. The van der Waals surface area contributed by atoms with Crippen LogP contribution in [0.3, 0.4) is 0 Å². The Kier molecular flexibility index (Phi) is 3.92. The fourth-order valence-electron chi connectivity index (χ4n) is 1.95. The molecule has 2 rings (SSSR count). The van der Waals surface area contributed by atoms with Gasteiger partial charge in [0.25, 0.3) is 0 Å². The Bertz CT molecular complexity index is 299. The van der Waals surface area contributed by atoms with Crippen molar-refractivity contribution in [2.45, 2.75) is 25.7 Å². The van der Waals surface area contributed by atoms with Gasteiger partial charge in [0.2, 0.25) is 0 Å². The summed E-state index contributed by atoms with van der Waals surface area (Å²) >= 11 is 1.67. The highest BCUT2D eigenvalue weighted by atomic mass is 32.1. The summed E-state index contributed by atoms with van der Waals surface area (Å²) in [6.07, 6.45) is 3.46. The second kappa shape index (κ2) is 5.42. The summed E-state index contributed by atoms with van der Waals surface area (Å²) in [7, 11) is 0. The lowest BCUT2D eigenvalue weighted by Gasteiger charge is -2.20. The van der Waals surface area contributed by atoms with Gasteiger partial charge in [-0.2, -0.15) is 0 Å². The van der Waals surface area contributed by atoms with Crippen molar-refractivity contribution in [1.29, 1.82) is 0 Å². The SMILES string of the molecule is O=C(Cc1cccs1)CC1CCOCC1. The summed E-state index contributed by atoms with van der Waals surface area (Å²) in [5, 5.41) is 2.02. The number of carbonyl (C=O) groups excluding carboxylic acids is 1. The van der Waals surface area contributed by atoms with Crippen LogP contribution in [0.15, 0.2) is 17.5 Å². The molecule has 1 aliphatic rings. The summed E-state index contributed by atoms with van der Waals surface area (Å²) in [4.78, 5) is 12.9. The van der Waals surface area contributed by atoms with Crippen LogP contribution in [0.25, 0.3) is 0 Å². The largest absolute Gasteiger partial charge is 0.381 e. The van der Waals surface area contributed by atoms with Crippen LogP contribution in [0.1, 0.15) is 24.1 Å². The third-order valence-electron chi connectivity index (χ3n) is 2.81. The van der Waals surface area contributed by atoms with Crippen LogP contribution in [0.5, 0.6) is 0 Å². The van der Waals surface area contributed by atoms with Crippen LogP contribution >= 0.6 is 11.3 Å². The molecule has 3 heteroatoms. The topological polar surface area (TPSA) is 26.3 Å². The zero-order valence-corrected chi connectivity index (χ0v) is 9.59. The van der Waals surface area contributed by atoms with E-state index in [1.807, 2.05) is 17.5 Å². The Morgan fingerprint density at radius 3 is 2.93 bits per heavy atom. The average Bonchev–Trinajstić information content (AvgIpc) is 2.71. The standard InChI is InChI=1S/C12H16O2S/c13-11(9-12-2-1-7-15-12)8-10-3-5-14-6-4-10/h1-2,7,10H,3-6,8-9H2. The van der Waals surface area contributed by atoms with Gasteiger partial charge in [0.05, 0.1) is 0 Å². The fraction of sp³-hybridized carbons (Fsp3) is 0.583. The minimum atomic E-state index is 0.379. The number of Topliss-reactive ketones (excluding diaryl/α,β-unsaturated/α-hetero) is 1. The van der Waals surface area contributed by atoms with E-state index in [0.717, 1.165) is 32.5 Å². The van der Waals surface area contributed by atoms with E-state index < -0.39 is 0 Å². The molecular weight excluding hydrogens is 208 g/mol. The molecule has 0 bridgehead atoms. The average molecular weight is 224 g/mol. The van der Waals surface area contributed by atoms with E-state index in [2.05, 4.69) is 0 Å². The molecule has 1 aromatic heterocycles. The Morgan fingerprint density at radius 1 is 1.47 bits per heavy atom. The van der Waals surface area contributed by atoms with Crippen molar-refractivity contribution in [1.82, 2.24) is 0 Å². The molecule has 0 aliphatic carbocycles. The molecule has 15 heavy (non-hydrogen) atoms. The van der Waals surface area contributed by atoms with Crippen molar-refractivity contribution in [3.05, 3.63) is 22.4 Å². The lowest BCUT2D eigenvalue weighted by Crippen LogP contribution is -2.19. The van der Waals surface area contributed by atoms with Gasteiger partial charge >= 0.3 is 0 Å². The van der Waals surface area contributed by atoms with Crippen LogP contribution in [-0.4, -0.2) is 19.0 Å². The lowest BCUT2D eigenvalue weighted by molar-refractivity contribution is -0.119. The van der Waals surface area contributed by atoms with Gasteiger partial charge in [0.1, 0.15) is 5.78 Å². The Morgan fingerprint density at radius 2 is 2.27 bits per heavy atom. The molecule has 0 N–H and O–H groups in total. The van der Waals surface area contributed by atoms with Crippen molar-refractivity contribution in [2.75, 3.05) is 13.2 Å². The molecule has 1 fully saturated rings. The van der Waals surface area contributed by atoms with Crippen molar-refractivity contribution in [3.8, 4) is 0 Å². The predicted molar refractivity (Wildman–Crippen MR) is 61.2 cm³/mol. The summed E-state index contributed by atoms with van der Waals surface area (Å²) in [6, 6.07) is 4.04. The molecule has 0 aromatic carbocycles. The van der Waals surface area contributed by atoms with E-state index in [9.17, 15) is 4.79 Å². The summed E-state index contributed by atoms with van der Waals surface area (Å²) < 4.78 is 5.28. The first kappa shape index (κ1) is 10.8. The molecule has 82 valence electrons. The number of hydrogen-bond acceptors (Lipinski definition) is 3. The highest BCUT2D eigenvalue weighted by Crippen LogP contribution is 2.20. The van der Waals surface area contributed by atoms with Gasteiger partial charge in [0, 0.05) is 30.9 Å². The molecule has 0 atom stereocenters. The quantitative estimate of drug-likeness (QED) is 0.786. The fourth-order valence-corrected chi connectivity index (χ4v) is 2.69. The summed E-state index contributed by atoms with van der Waals surface area (Å²) in [5.74, 6) is 0.940. The predicted octanol–water partition coefficient (Wildman–Crippen LogP) is 2.68. The minimum Gasteiger partial charge on any atom is -0.381 e. The lowest BCUT2D eigenvalue weighted by atomic mass is 9.93. The zero-order valence-electron chi connectivity index (χ0n) is 8.78. The molecule has 2 heterocycles. The molecule has 2 nitrogen and oxygen atoms in total. The first-order valence-corrected chi connectivity index (χ1v) is 6.34. The number of ether oxygens (including phenoxy) is 1. The van der Waals surface area contributed by atoms with E-state index >= 15 is 0 Å². The van der Waals surface area contributed by atoms with E-state index in [1.165, 1.54) is 4.88 Å². The molecule has 0 radical (unpaired) electrons. The molecule has 1 aromatic rings. The molecule has 0 saturated carbocycles. The number of hydrogen-bond donors (Lipinski definition) is 0. The summed E-state index contributed by atoms with van der Waals surface area (Å²) in [5.41, 5.74) is 0. The minimum absolute atomic E-state index is 0.379. The second-order valence-electron chi connectivity index (χ2n) is 4.05. The van der Waals surface area contributed by atoms with Crippen LogP contribution in [0.4, 0.5) is 0 Å². The van der Waals surface area contributed by atoms with E-state index in [4.69, 9.17) is 4.74 Å². The number of carbonyl (C=O) groups is 1. The molecule has 0 spiro atoms. The maximum absolute atomic E-state index is 11.7. The van der Waals surface area contributed by atoms with Crippen LogP contribution in [0, 0.1) is 5.92 Å². The molecule has 0 unspecified atom stereocenters. The monoisotopic (exact) mass is 224 g/mol. The third-order valence-corrected chi connectivity index (χ3v) is 3.69. The van der Waals surface area contributed by atoms with E-state index in [-0.39, 0.29) is 0 Å². The van der Waals surface area contributed by atoms with Crippen LogP contribution in [-0.2, 0) is 16.0 Å². The van der Waals surface area contributed by atoms with Gasteiger partial charge < -0.3 is 4.74 Å². The van der Waals surface area contributed by atoms with Crippen molar-refractivity contribution >= 4 is 17.1 Å². The number of rotatable bonds is 4. The number of thiophene rings is 1. The normalized spacial score (nSPS) is 17.9. The van der Waals surface area contributed by atoms with Crippen LogP contribution in [0.2, 0.25) is 0 Å². The first-order chi connectivity index (χ1) is 7.34. The van der Waals surface area contributed by atoms with Gasteiger partial charge in [-0.3, -0.25) is 4.79 Å². The van der Waals surface area contributed by atoms with Crippen molar-refractivity contribution < 1.29 is 9.53 Å². The maximum atomic E-state index is 11.7. The van der Waals surface area contributed by atoms with Gasteiger partial charge in [-0.25, -0.2) is 0 Å². The Hall–Kier alpha value is -0.670. The van der Waals surface area contributed by atoms with Crippen molar-refractivity contribution in [3.63, 3.8) is 0 Å². The molecular formula is C12H16O2S. The highest BCUT2D eigenvalue weighted by molar-refractivity contribution is 7.10. The smallest absolute Gasteiger partial charge is 0.138 e. The van der Waals surface area contributed by atoms with Crippen LogP contribution < -0.4 is 0 Å². The van der Waals surface area contributed by atoms with E-state index in [1.54, 1.807) is 11.3 Å². The second-order valence-corrected chi connectivity index (χ2v) is 5.09. The first-order valence-electron chi connectivity index (χ1n) is 5.46. The summed E-state index contributed by atoms with van der Waals surface area (Å²) in [6.45, 7) is 1.66. The van der Waals surface area contributed by atoms with Crippen molar-refractivity contribution in [2.24, 2.45) is 5.92 Å². The Balaban J connectivity index is 1.76. The third kappa shape index (κ3) is 3.43. The molecule has 1 aliphatic heterocycles. The van der Waals surface area contributed by atoms with Gasteiger partial charge in [-0.15, -0.1) is 11.3 Å². The number of ketones is 1. The Labute approximate surface area is 94.3 Å². The van der Waals surface area contributed by atoms with E-state index in [0.29, 0.717) is 18.1 Å². The van der Waals surface area contributed by atoms with Gasteiger partial charge in [0.15, 0.2) is 0 Å². The molecule has 1 saturated heterocycles.